The lowest BCUT2D eigenvalue weighted by Crippen LogP contribution is -2.18. The van der Waals surface area contributed by atoms with E-state index in [1.54, 1.807) is 0 Å². The van der Waals surface area contributed by atoms with Crippen molar-refractivity contribution in [3.8, 4) is 22.9 Å². The highest BCUT2D eigenvalue weighted by Gasteiger charge is 2.27. The van der Waals surface area contributed by atoms with Crippen molar-refractivity contribution in [3.05, 3.63) is 65.9 Å². The number of halogens is 1. The van der Waals surface area contributed by atoms with Crippen LogP contribution in [0.3, 0.4) is 0 Å². The number of fused-ring (bicyclic) bond motifs is 2. The summed E-state index contributed by atoms with van der Waals surface area (Å²) in [6, 6.07) is 17.5. The second-order valence-corrected chi connectivity index (χ2v) is 8.33. The molecule has 1 saturated carbocycles. The van der Waals surface area contributed by atoms with Crippen LogP contribution >= 0.6 is 11.6 Å². The normalized spacial score (nSPS) is 14.0. The van der Waals surface area contributed by atoms with Gasteiger partial charge in [0, 0.05) is 17.0 Å². The van der Waals surface area contributed by atoms with Crippen LogP contribution in [0, 0.1) is 0 Å². The predicted molar refractivity (Wildman–Crippen MR) is 125 cm³/mol. The van der Waals surface area contributed by atoms with Gasteiger partial charge in [0.05, 0.1) is 22.0 Å². The lowest BCUT2D eigenvalue weighted by Gasteiger charge is -2.25. The molecule has 0 atom stereocenters. The Morgan fingerprint density at radius 1 is 1.03 bits per heavy atom. The topological polar surface area (TPSA) is 91.7 Å². The van der Waals surface area contributed by atoms with Crippen LogP contribution in [0.1, 0.15) is 25.3 Å². The molecule has 0 saturated heterocycles. The molecule has 32 heavy (non-hydrogen) atoms. The zero-order valence-electron chi connectivity index (χ0n) is 17.1. The van der Waals surface area contributed by atoms with Gasteiger partial charge in [-0.15, -0.1) is 0 Å². The SMILES string of the molecule is Nc1ncnc2c1c(-c1cc3nc(Oc4ccccc4)ccc3cc1Cl)nn2C1CCC1. The number of nitrogen functional groups attached to an aromatic ring is 1. The third-order valence-electron chi connectivity index (χ3n) is 5.91. The monoisotopic (exact) mass is 442 g/mol. The van der Waals surface area contributed by atoms with E-state index in [1.165, 1.54) is 12.7 Å². The maximum Gasteiger partial charge on any atom is 0.219 e. The molecule has 0 unspecified atom stereocenters. The number of ether oxygens (including phenoxy) is 1. The van der Waals surface area contributed by atoms with E-state index < -0.39 is 0 Å². The number of pyridine rings is 1. The smallest absolute Gasteiger partial charge is 0.219 e. The molecule has 0 aliphatic heterocycles. The Morgan fingerprint density at radius 2 is 1.88 bits per heavy atom. The Balaban J connectivity index is 1.50. The molecular formula is C24H19ClN6O. The maximum absolute atomic E-state index is 6.71. The van der Waals surface area contributed by atoms with E-state index in [4.69, 9.17) is 32.2 Å². The number of nitrogens with zero attached hydrogens (tertiary/aromatic N) is 5. The molecular weight excluding hydrogens is 424 g/mol. The summed E-state index contributed by atoms with van der Waals surface area (Å²) in [6.45, 7) is 0. The first-order chi connectivity index (χ1) is 15.7. The Kier molecular flexibility index (Phi) is 4.43. The number of aromatic nitrogens is 5. The minimum absolute atomic E-state index is 0.323. The van der Waals surface area contributed by atoms with E-state index in [0.717, 1.165) is 46.1 Å². The fourth-order valence-electron chi connectivity index (χ4n) is 4.04. The number of nitrogens with two attached hydrogens (primary N) is 1. The fourth-order valence-corrected chi connectivity index (χ4v) is 4.30. The lowest BCUT2D eigenvalue weighted by atomic mass is 9.93. The van der Waals surface area contributed by atoms with Gasteiger partial charge in [0.15, 0.2) is 5.65 Å². The number of hydrogen-bond acceptors (Lipinski definition) is 6. The van der Waals surface area contributed by atoms with Gasteiger partial charge in [-0.2, -0.15) is 5.10 Å². The summed E-state index contributed by atoms with van der Waals surface area (Å²) in [7, 11) is 0. The van der Waals surface area contributed by atoms with Gasteiger partial charge in [0.2, 0.25) is 5.88 Å². The Labute approximate surface area is 188 Å². The van der Waals surface area contributed by atoms with Gasteiger partial charge in [-0.25, -0.2) is 19.6 Å². The molecule has 6 rings (SSSR count). The van der Waals surface area contributed by atoms with E-state index in [2.05, 4.69) is 9.97 Å². The van der Waals surface area contributed by atoms with E-state index in [1.807, 2.05) is 59.3 Å². The summed E-state index contributed by atoms with van der Waals surface area (Å²) in [6.07, 6.45) is 4.82. The van der Waals surface area contributed by atoms with Crippen molar-refractivity contribution < 1.29 is 4.74 Å². The van der Waals surface area contributed by atoms with Crippen LogP contribution in [0.4, 0.5) is 5.82 Å². The molecule has 1 aliphatic carbocycles. The summed E-state index contributed by atoms with van der Waals surface area (Å²) in [4.78, 5) is 13.4. The van der Waals surface area contributed by atoms with Crippen molar-refractivity contribution in [2.75, 3.05) is 5.73 Å². The van der Waals surface area contributed by atoms with Gasteiger partial charge in [0.1, 0.15) is 23.6 Å². The molecule has 1 fully saturated rings. The Morgan fingerprint density at radius 3 is 2.66 bits per heavy atom. The second kappa shape index (κ2) is 7.46. The summed E-state index contributed by atoms with van der Waals surface area (Å²) < 4.78 is 7.87. The standard InChI is InChI=1S/C24H19ClN6O/c25-18-11-14-9-10-20(32-16-7-2-1-3-8-16)29-19(14)12-17(18)22-21-23(26)27-13-28-24(21)31(30-22)15-5-4-6-15/h1-3,7-13,15H,4-6H2,(H2,26,27,28). The average molecular weight is 443 g/mol. The average Bonchev–Trinajstić information content (AvgIpc) is 3.13. The third kappa shape index (κ3) is 3.13. The number of rotatable bonds is 4. The zero-order chi connectivity index (χ0) is 21.7. The van der Waals surface area contributed by atoms with Crippen LogP contribution in [-0.4, -0.2) is 24.7 Å². The molecule has 3 heterocycles. The molecule has 3 aromatic heterocycles. The van der Waals surface area contributed by atoms with Crippen LogP contribution < -0.4 is 10.5 Å². The molecule has 5 aromatic rings. The third-order valence-corrected chi connectivity index (χ3v) is 6.22. The Bertz CT molecular complexity index is 1460. The van der Waals surface area contributed by atoms with E-state index in [0.29, 0.717) is 28.5 Å². The maximum atomic E-state index is 6.71. The minimum Gasteiger partial charge on any atom is -0.439 e. The molecule has 0 amide bonds. The van der Waals surface area contributed by atoms with E-state index >= 15 is 0 Å². The van der Waals surface area contributed by atoms with Crippen molar-refractivity contribution in [1.82, 2.24) is 24.7 Å². The molecule has 0 spiro atoms. The molecule has 7 nitrogen and oxygen atoms in total. The number of benzene rings is 2. The van der Waals surface area contributed by atoms with E-state index in [-0.39, 0.29) is 0 Å². The van der Waals surface area contributed by atoms with Crippen molar-refractivity contribution >= 4 is 39.4 Å². The molecule has 0 bridgehead atoms. The van der Waals surface area contributed by atoms with Crippen molar-refractivity contribution in [2.24, 2.45) is 0 Å². The minimum atomic E-state index is 0.323. The molecule has 8 heteroatoms. The number of para-hydroxylation sites is 1. The van der Waals surface area contributed by atoms with Crippen LogP contribution in [-0.2, 0) is 0 Å². The van der Waals surface area contributed by atoms with Crippen LogP contribution in [0.2, 0.25) is 5.02 Å². The van der Waals surface area contributed by atoms with Gasteiger partial charge < -0.3 is 10.5 Å². The summed E-state index contributed by atoms with van der Waals surface area (Å²) in [5.41, 5.74) is 9.16. The molecule has 0 radical (unpaired) electrons. The van der Waals surface area contributed by atoms with Crippen molar-refractivity contribution in [3.63, 3.8) is 0 Å². The van der Waals surface area contributed by atoms with Gasteiger partial charge in [0.25, 0.3) is 0 Å². The fraction of sp³-hybridized carbons (Fsp3) is 0.167. The van der Waals surface area contributed by atoms with Gasteiger partial charge in [-0.05, 0) is 49.6 Å². The Hall–Kier alpha value is -3.71. The highest BCUT2D eigenvalue weighted by atomic mass is 35.5. The molecule has 2 aromatic carbocycles. The second-order valence-electron chi connectivity index (χ2n) is 7.92. The van der Waals surface area contributed by atoms with Gasteiger partial charge in [-0.3, -0.25) is 0 Å². The number of hydrogen-bond donors (Lipinski definition) is 1. The number of anilines is 1. The molecule has 2 N–H and O–H groups in total. The highest BCUT2D eigenvalue weighted by Crippen LogP contribution is 2.40. The van der Waals surface area contributed by atoms with Gasteiger partial charge in [-0.1, -0.05) is 29.8 Å². The van der Waals surface area contributed by atoms with E-state index in [9.17, 15) is 0 Å². The summed E-state index contributed by atoms with van der Waals surface area (Å²) in [5.74, 6) is 1.62. The molecule has 1 aliphatic rings. The highest BCUT2D eigenvalue weighted by molar-refractivity contribution is 6.34. The van der Waals surface area contributed by atoms with Crippen LogP contribution in [0.15, 0.2) is 60.9 Å². The van der Waals surface area contributed by atoms with Crippen molar-refractivity contribution in [1.29, 1.82) is 0 Å². The summed E-state index contributed by atoms with van der Waals surface area (Å²) in [5, 5.41) is 7.09. The first-order valence-corrected chi connectivity index (χ1v) is 10.9. The first-order valence-electron chi connectivity index (χ1n) is 10.5. The lowest BCUT2D eigenvalue weighted by molar-refractivity contribution is 0.296. The quantitative estimate of drug-likeness (QED) is 0.378. The van der Waals surface area contributed by atoms with Gasteiger partial charge >= 0.3 is 0 Å². The largest absolute Gasteiger partial charge is 0.439 e. The zero-order valence-corrected chi connectivity index (χ0v) is 17.8. The summed E-state index contributed by atoms with van der Waals surface area (Å²) >= 11 is 6.71. The van der Waals surface area contributed by atoms with Crippen LogP contribution in [0.5, 0.6) is 11.6 Å². The first kappa shape index (κ1) is 19.0. The van der Waals surface area contributed by atoms with Crippen molar-refractivity contribution in [2.45, 2.75) is 25.3 Å². The van der Waals surface area contributed by atoms with Crippen LogP contribution in [0.25, 0.3) is 33.2 Å². The predicted octanol–water partition coefficient (Wildman–Crippen LogP) is 5.79. The molecule has 158 valence electrons.